The number of carbonyl (C=O) groups is 1. The van der Waals surface area contributed by atoms with E-state index in [2.05, 4.69) is 14.7 Å². The van der Waals surface area contributed by atoms with Gasteiger partial charge < -0.3 is 9.72 Å². The molecule has 5 nitrogen and oxygen atoms in total. The second kappa shape index (κ2) is 5.01. The van der Waals surface area contributed by atoms with Crippen LogP contribution in [0.5, 0.6) is 0 Å². The van der Waals surface area contributed by atoms with Crippen molar-refractivity contribution in [2.45, 2.75) is 6.92 Å². The van der Waals surface area contributed by atoms with Crippen LogP contribution in [0, 0.1) is 12.7 Å². The Morgan fingerprint density at radius 3 is 2.68 bits per heavy atom. The van der Waals surface area contributed by atoms with Crippen molar-refractivity contribution >= 4 is 5.97 Å². The summed E-state index contributed by atoms with van der Waals surface area (Å²) in [5.41, 5.74) is 0.774. The average molecular weight is 262 g/mol. The molecule has 0 spiro atoms. The van der Waals surface area contributed by atoms with Gasteiger partial charge in [-0.15, -0.1) is 0 Å². The minimum absolute atomic E-state index is 0.0669. The van der Waals surface area contributed by atoms with Crippen LogP contribution in [0.1, 0.15) is 16.1 Å². The minimum Gasteiger partial charge on any atom is -0.465 e. The number of esters is 1. The number of halogens is 1. The fraction of sp³-hybridized carbons (Fsp3) is 0.154. The largest absolute Gasteiger partial charge is 0.465 e. The Morgan fingerprint density at radius 2 is 2.05 bits per heavy atom. The van der Waals surface area contributed by atoms with Gasteiger partial charge in [-0.2, -0.15) is 4.98 Å². The van der Waals surface area contributed by atoms with Crippen molar-refractivity contribution < 1.29 is 13.9 Å². The number of nitrogens with one attached hydrogen (secondary N) is 1. The molecule has 1 heterocycles. The molecule has 0 unspecified atom stereocenters. The summed E-state index contributed by atoms with van der Waals surface area (Å²) in [5, 5.41) is 0. The number of carbonyl (C=O) groups excluding carboxylic acids is 1. The first kappa shape index (κ1) is 12.9. The Balaban J connectivity index is 2.59. The molecule has 0 aliphatic heterocycles. The first-order chi connectivity index (χ1) is 8.99. The van der Waals surface area contributed by atoms with E-state index in [-0.39, 0.29) is 5.56 Å². The zero-order valence-electron chi connectivity index (χ0n) is 10.4. The normalized spacial score (nSPS) is 10.3. The van der Waals surface area contributed by atoms with Crippen LogP contribution in [0.2, 0.25) is 0 Å². The summed E-state index contributed by atoms with van der Waals surface area (Å²) < 4.78 is 18.0. The van der Waals surface area contributed by atoms with Crippen LogP contribution in [0.25, 0.3) is 11.3 Å². The van der Waals surface area contributed by atoms with Crippen LogP contribution in [0.3, 0.4) is 0 Å². The second-order valence-corrected chi connectivity index (χ2v) is 3.97. The topological polar surface area (TPSA) is 72.1 Å². The van der Waals surface area contributed by atoms with Gasteiger partial charge in [0.25, 0.3) is 0 Å². The lowest BCUT2D eigenvalue weighted by atomic mass is 10.1. The van der Waals surface area contributed by atoms with Gasteiger partial charge in [-0.1, -0.05) is 0 Å². The molecule has 0 aliphatic carbocycles. The molecular weight excluding hydrogens is 251 g/mol. The van der Waals surface area contributed by atoms with E-state index in [0.29, 0.717) is 17.0 Å². The number of aryl methyl sites for hydroxylation is 1. The summed E-state index contributed by atoms with van der Waals surface area (Å²) >= 11 is 0. The summed E-state index contributed by atoms with van der Waals surface area (Å²) in [5.74, 6) is -1.25. The highest BCUT2D eigenvalue weighted by atomic mass is 19.1. The van der Waals surface area contributed by atoms with Crippen LogP contribution in [0.15, 0.2) is 29.1 Å². The molecule has 6 heteroatoms. The summed E-state index contributed by atoms with van der Waals surface area (Å²) in [4.78, 5) is 28.9. The first-order valence-corrected chi connectivity index (χ1v) is 5.47. The SMILES string of the molecule is COC(=O)c1cc(F)cc(-c2cc(C)[nH]c(=O)n2)c1. The lowest BCUT2D eigenvalue weighted by molar-refractivity contribution is 0.0600. The standard InChI is InChI=1S/C13H11FN2O3/c1-7-3-11(16-13(18)15-7)8-4-9(12(17)19-2)6-10(14)5-8/h3-6H,1-2H3,(H,15,16,18). The van der Waals surface area contributed by atoms with E-state index in [1.54, 1.807) is 13.0 Å². The van der Waals surface area contributed by atoms with Crippen molar-refractivity contribution in [1.29, 1.82) is 0 Å². The highest BCUT2D eigenvalue weighted by Gasteiger charge is 2.11. The van der Waals surface area contributed by atoms with Crippen LogP contribution >= 0.6 is 0 Å². The van der Waals surface area contributed by atoms with E-state index in [1.165, 1.54) is 19.2 Å². The molecule has 0 bridgehead atoms. The van der Waals surface area contributed by atoms with Crippen molar-refractivity contribution in [3.05, 3.63) is 51.8 Å². The third kappa shape index (κ3) is 2.85. The Hall–Kier alpha value is -2.50. The molecule has 0 atom stereocenters. The van der Waals surface area contributed by atoms with Crippen molar-refractivity contribution in [3.8, 4) is 11.3 Å². The fourth-order valence-corrected chi connectivity index (χ4v) is 1.70. The van der Waals surface area contributed by atoms with E-state index < -0.39 is 17.5 Å². The number of hydrogen-bond donors (Lipinski definition) is 1. The number of H-pyrrole nitrogens is 1. The molecule has 19 heavy (non-hydrogen) atoms. The zero-order chi connectivity index (χ0) is 14.0. The quantitative estimate of drug-likeness (QED) is 0.836. The number of aromatic amines is 1. The van der Waals surface area contributed by atoms with Gasteiger partial charge in [0.05, 0.1) is 18.4 Å². The Morgan fingerprint density at radius 1 is 1.32 bits per heavy atom. The monoisotopic (exact) mass is 262 g/mol. The molecule has 1 aromatic carbocycles. The third-order valence-electron chi connectivity index (χ3n) is 2.49. The molecular formula is C13H11FN2O3. The molecule has 0 aliphatic rings. The molecule has 2 aromatic rings. The number of hydrogen-bond acceptors (Lipinski definition) is 4. The number of rotatable bonds is 2. The van der Waals surface area contributed by atoms with Gasteiger partial charge >= 0.3 is 11.7 Å². The summed E-state index contributed by atoms with van der Waals surface area (Å²) in [6.45, 7) is 1.69. The van der Waals surface area contributed by atoms with E-state index in [4.69, 9.17) is 0 Å². The Labute approximate surface area is 108 Å². The maximum absolute atomic E-state index is 13.5. The van der Waals surface area contributed by atoms with Crippen LogP contribution in [0.4, 0.5) is 4.39 Å². The smallest absolute Gasteiger partial charge is 0.345 e. The van der Waals surface area contributed by atoms with Crippen molar-refractivity contribution in [2.24, 2.45) is 0 Å². The van der Waals surface area contributed by atoms with Gasteiger partial charge in [0.15, 0.2) is 0 Å². The number of methoxy groups -OCH3 is 1. The highest BCUT2D eigenvalue weighted by molar-refractivity contribution is 5.90. The Kier molecular flexibility index (Phi) is 3.41. The predicted molar refractivity (Wildman–Crippen MR) is 66.3 cm³/mol. The fourth-order valence-electron chi connectivity index (χ4n) is 1.70. The molecule has 98 valence electrons. The van der Waals surface area contributed by atoms with Crippen molar-refractivity contribution in [3.63, 3.8) is 0 Å². The molecule has 0 radical (unpaired) electrons. The van der Waals surface area contributed by atoms with E-state index in [0.717, 1.165) is 6.07 Å². The summed E-state index contributed by atoms with van der Waals surface area (Å²) in [7, 11) is 1.21. The molecule has 2 rings (SSSR count). The molecule has 0 saturated carbocycles. The third-order valence-corrected chi connectivity index (χ3v) is 2.49. The lowest BCUT2D eigenvalue weighted by Crippen LogP contribution is -2.12. The number of ether oxygens (including phenoxy) is 1. The average Bonchev–Trinajstić information content (AvgIpc) is 2.36. The van der Waals surface area contributed by atoms with Gasteiger partial charge in [0.2, 0.25) is 0 Å². The predicted octanol–water partition coefficient (Wildman–Crippen LogP) is 1.67. The molecule has 1 N–H and O–H groups in total. The zero-order valence-corrected chi connectivity index (χ0v) is 10.4. The maximum Gasteiger partial charge on any atom is 0.345 e. The molecule has 0 amide bonds. The molecule has 1 aromatic heterocycles. The second-order valence-electron chi connectivity index (χ2n) is 3.97. The minimum atomic E-state index is -0.651. The summed E-state index contributed by atoms with van der Waals surface area (Å²) in [6, 6.07) is 5.29. The Bertz CT molecular complexity index is 695. The van der Waals surface area contributed by atoms with Gasteiger partial charge in [-0.3, -0.25) is 0 Å². The van der Waals surface area contributed by atoms with Crippen LogP contribution in [-0.4, -0.2) is 23.0 Å². The van der Waals surface area contributed by atoms with E-state index >= 15 is 0 Å². The van der Waals surface area contributed by atoms with E-state index in [9.17, 15) is 14.0 Å². The highest BCUT2D eigenvalue weighted by Crippen LogP contribution is 2.20. The molecule has 0 fully saturated rings. The van der Waals surface area contributed by atoms with Crippen molar-refractivity contribution in [2.75, 3.05) is 7.11 Å². The van der Waals surface area contributed by atoms with Gasteiger partial charge in [-0.25, -0.2) is 14.0 Å². The lowest BCUT2D eigenvalue weighted by Gasteiger charge is -2.05. The maximum atomic E-state index is 13.5. The molecule has 0 saturated heterocycles. The van der Waals surface area contributed by atoms with Crippen LogP contribution < -0.4 is 5.69 Å². The first-order valence-electron chi connectivity index (χ1n) is 5.47. The van der Waals surface area contributed by atoms with Crippen LogP contribution in [-0.2, 0) is 4.74 Å². The summed E-state index contributed by atoms with van der Waals surface area (Å²) in [6.07, 6.45) is 0. The number of nitrogens with zero attached hydrogens (tertiary/aromatic N) is 1. The van der Waals surface area contributed by atoms with Gasteiger partial charge in [-0.05, 0) is 31.2 Å². The van der Waals surface area contributed by atoms with Gasteiger partial charge in [0.1, 0.15) is 5.82 Å². The number of benzene rings is 1. The van der Waals surface area contributed by atoms with Gasteiger partial charge in [0, 0.05) is 11.3 Å². The number of aromatic nitrogens is 2. The van der Waals surface area contributed by atoms with Crippen molar-refractivity contribution in [1.82, 2.24) is 9.97 Å². The van der Waals surface area contributed by atoms with E-state index in [1.807, 2.05) is 0 Å².